The molecular formula is C19H21FN4OS2. The molecule has 8 heteroatoms. The molecule has 2 heterocycles. The van der Waals surface area contributed by atoms with E-state index >= 15 is 0 Å². The fourth-order valence-electron chi connectivity index (χ4n) is 2.68. The normalized spacial score (nSPS) is 12.1. The molecule has 0 fully saturated rings. The first-order chi connectivity index (χ1) is 13.0. The molecule has 0 bridgehead atoms. The number of nitrogens with zero attached hydrogens (tertiary/aromatic N) is 4. The molecule has 0 saturated carbocycles. The Morgan fingerprint density at radius 3 is 2.67 bits per heavy atom. The van der Waals surface area contributed by atoms with Crippen molar-refractivity contribution in [2.75, 3.05) is 12.8 Å². The molecule has 0 radical (unpaired) electrons. The molecule has 0 aliphatic rings. The monoisotopic (exact) mass is 404 g/mol. The van der Waals surface area contributed by atoms with E-state index in [2.05, 4.69) is 10.2 Å². The van der Waals surface area contributed by atoms with Crippen LogP contribution in [0.1, 0.15) is 25.5 Å². The standard InChI is InChI=1S/C19H21FN4OS2/c1-4-24-18(16-6-5-11-26-16)21-22-19(24)27-12-17(25)23(3)13(2)14-7-9-15(20)10-8-14/h5-11,13H,4,12H2,1-3H3. The van der Waals surface area contributed by atoms with Crippen LogP contribution in [0.25, 0.3) is 10.7 Å². The summed E-state index contributed by atoms with van der Waals surface area (Å²) in [7, 11) is 1.76. The maximum atomic E-state index is 13.1. The number of hydrogen-bond donors (Lipinski definition) is 0. The first kappa shape index (κ1) is 19.6. The molecule has 0 spiro atoms. The molecule has 1 atom stereocenters. The summed E-state index contributed by atoms with van der Waals surface area (Å²) in [6, 6.07) is 10.1. The summed E-state index contributed by atoms with van der Waals surface area (Å²) in [4.78, 5) is 15.3. The van der Waals surface area contributed by atoms with Crippen molar-refractivity contribution in [2.24, 2.45) is 0 Å². The van der Waals surface area contributed by atoms with Gasteiger partial charge in [-0.2, -0.15) is 0 Å². The van der Waals surface area contributed by atoms with Crippen molar-refractivity contribution in [3.63, 3.8) is 0 Å². The zero-order valence-corrected chi connectivity index (χ0v) is 17.1. The van der Waals surface area contributed by atoms with Crippen LogP contribution in [-0.2, 0) is 11.3 Å². The van der Waals surface area contributed by atoms with E-state index in [9.17, 15) is 9.18 Å². The van der Waals surface area contributed by atoms with Crippen LogP contribution in [0.4, 0.5) is 4.39 Å². The van der Waals surface area contributed by atoms with Gasteiger partial charge in [0, 0.05) is 13.6 Å². The summed E-state index contributed by atoms with van der Waals surface area (Å²) in [5.41, 5.74) is 0.897. The Morgan fingerprint density at radius 2 is 2.04 bits per heavy atom. The number of rotatable bonds is 7. The number of aromatic nitrogens is 3. The molecule has 1 amide bonds. The minimum Gasteiger partial charge on any atom is -0.338 e. The molecule has 142 valence electrons. The topological polar surface area (TPSA) is 51.0 Å². The van der Waals surface area contributed by atoms with E-state index in [-0.39, 0.29) is 23.5 Å². The molecular weight excluding hydrogens is 383 g/mol. The first-order valence-corrected chi connectivity index (χ1v) is 10.5. The zero-order valence-electron chi connectivity index (χ0n) is 15.4. The van der Waals surface area contributed by atoms with E-state index in [1.165, 1.54) is 23.9 Å². The molecule has 1 aromatic carbocycles. The van der Waals surface area contributed by atoms with Crippen LogP contribution >= 0.6 is 23.1 Å². The second kappa shape index (κ2) is 8.67. The lowest BCUT2D eigenvalue weighted by Crippen LogP contribution is -2.31. The lowest BCUT2D eigenvalue weighted by Gasteiger charge is -2.25. The predicted octanol–water partition coefficient (Wildman–Crippen LogP) is 4.48. The Labute approximate surface area is 166 Å². The Hall–Kier alpha value is -2.19. The quantitative estimate of drug-likeness (QED) is 0.545. The fourth-order valence-corrected chi connectivity index (χ4v) is 4.32. The van der Waals surface area contributed by atoms with Crippen molar-refractivity contribution < 1.29 is 9.18 Å². The predicted molar refractivity (Wildman–Crippen MR) is 107 cm³/mol. The number of benzene rings is 1. The van der Waals surface area contributed by atoms with Crippen LogP contribution in [0, 0.1) is 5.82 Å². The van der Waals surface area contributed by atoms with E-state index in [1.807, 2.05) is 35.9 Å². The third-order valence-corrected chi connectivity index (χ3v) is 6.24. The highest BCUT2D eigenvalue weighted by atomic mass is 32.2. The van der Waals surface area contributed by atoms with Gasteiger partial charge in [0.25, 0.3) is 0 Å². The molecule has 5 nitrogen and oxygen atoms in total. The van der Waals surface area contributed by atoms with Crippen LogP contribution in [0.15, 0.2) is 46.9 Å². The number of carbonyl (C=O) groups excluding carboxylic acids is 1. The summed E-state index contributed by atoms with van der Waals surface area (Å²) in [5.74, 6) is 0.802. The largest absolute Gasteiger partial charge is 0.338 e. The molecule has 3 rings (SSSR count). The maximum Gasteiger partial charge on any atom is 0.233 e. The molecule has 0 N–H and O–H groups in total. The third kappa shape index (κ3) is 4.39. The van der Waals surface area contributed by atoms with Gasteiger partial charge in [0.2, 0.25) is 5.91 Å². The smallest absolute Gasteiger partial charge is 0.233 e. The minimum atomic E-state index is -0.282. The number of amides is 1. The van der Waals surface area contributed by atoms with Crippen LogP contribution < -0.4 is 0 Å². The van der Waals surface area contributed by atoms with Gasteiger partial charge >= 0.3 is 0 Å². The van der Waals surface area contributed by atoms with Crippen LogP contribution in [-0.4, -0.2) is 38.4 Å². The lowest BCUT2D eigenvalue weighted by atomic mass is 10.1. The van der Waals surface area contributed by atoms with E-state index in [4.69, 9.17) is 0 Å². The van der Waals surface area contributed by atoms with Crippen molar-refractivity contribution in [3.8, 4) is 10.7 Å². The van der Waals surface area contributed by atoms with Crippen molar-refractivity contribution in [1.82, 2.24) is 19.7 Å². The highest BCUT2D eigenvalue weighted by Crippen LogP contribution is 2.28. The van der Waals surface area contributed by atoms with Crippen molar-refractivity contribution >= 4 is 29.0 Å². The summed E-state index contributed by atoms with van der Waals surface area (Å²) in [6.07, 6.45) is 0. The second-order valence-electron chi connectivity index (χ2n) is 6.05. The van der Waals surface area contributed by atoms with Gasteiger partial charge in [0.1, 0.15) is 5.82 Å². The Balaban J connectivity index is 1.66. The summed E-state index contributed by atoms with van der Waals surface area (Å²) in [5, 5.41) is 11.3. The maximum absolute atomic E-state index is 13.1. The van der Waals surface area contributed by atoms with Gasteiger partial charge in [-0.15, -0.1) is 21.5 Å². The van der Waals surface area contributed by atoms with Gasteiger partial charge in [0.05, 0.1) is 16.7 Å². The molecule has 27 heavy (non-hydrogen) atoms. The molecule has 3 aromatic rings. The van der Waals surface area contributed by atoms with E-state index in [0.717, 1.165) is 28.0 Å². The second-order valence-corrected chi connectivity index (χ2v) is 7.94. The van der Waals surface area contributed by atoms with Gasteiger partial charge in [-0.05, 0) is 43.0 Å². The molecule has 0 aliphatic carbocycles. The van der Waals surface area contributed by atoms with Crippen molar-refractivity contribution in [1.29, 1.82) is 0 Å². The van der Waals surface area contributed by atoms with Gasteiger partial charge in [-0.3, -0.25) is 4.79 Å². The fraction of sp³-hybridized carbons (Fsp3) is 0.316. The van der Waals surface area contributed by atoms with Crippen LogP contribution in [0.2, 0.25) is 0 Å². The third-order valence-electron chi connectivity index (χ3n) is 4.43. The summed E-state index contributed by atoms with van der Waals surface area (Å²) < 4.78 is 15.1. The molecule has 0 saturated heterocycles. The number of carbonyl (C=O) groups is 1. The van der Waals surface area contributed by atoms with Crippen molar-refractivity contribution in [3.05, 3.63) is 53.2 Å². The van der Waals surface area contributed by atoms with Gasteiger partial charge in [-0.25, -0.2) is 4.39 Å². The number of thioether (sulfide) groups is 1. The zero-order chi connectivity index (χ0) is 19.4. The van der Waals surface area contributed by atoms with Crippen LogP contribution in [0.5, 0.6) is 0 Å². The summed E-state index contributed by atoms with van der Waals surface area (Å²) in [6.45, 7) is 4.70. The average molecular weight is 405 g/mol. The van der Waals surface area contributed by atoms with Gasteiger partial charge in [-0.1, -0.05) is 30.0 Å². The summed E-state index contributed by atoms with van der Waals surface area (Å²) >= 11 is 3.00. The number of halogens is 1. The Morgan fingerprint density at radius 1 is 1.30 bits per heavy atom. The number of hydrogen-bond acceptors (Lipinski definition) is 5. The Bertz CT molecular complexity index is 893. The molecule has 0 aliphatic heterocycles. The Kier molecular flexibility index (Phi) is 6.28. The lowest BCUT2D eigenvalue weighted by molar-refractivity contribution is -0.128. The molecule has 2 aromatic heterocycles. The van der Waals surface area contributed by atoms with Crippen molar-refractivity contribution in [2.45, 2.75) is 31.6 Å². The highest BCUT2D eigenvalue weighted by Gasteiger charge is 2.20. The first-order valence-electron chi connectivity index (χ1n) is 8.62. The minimum absolute atomic E-state index is 0.0137. The van der Waals surface area contributed by atoms with E-state index in [0.29, 0.717) is 0 Å². The highest BCUT2D eigenvalue weighted by molar-refractivity contribution is 7.99. The number of thiophene rings is 1. The average Bonchev–Trinajstić information content (AvgIpc) is 3.34. The van der Waals surface area contributed by atoms with E-state index < -0.39 is 0 Å². The van der Waals surface area contributed by atoms with Gasteiger partial charge in [0.15, 0.2) is 11.0 Å². The SMILES string of the molecule is CCn1c(SCC(=O)N(C)C(C)c2ccc(F)cc2)nnc1-c1cccs1. The molecule has 1 unspecified atom stereocenters. The van der Waals surface area contributed by atoms with E-state index in [1.54, 1.807) is 35.4 Å². The van der Waals surface area contributed by atoms with Crippen LogP contribution in [0.3, 0.4) is 0 Å². The van der Waals surface area contributed by atoms with Gasteiger partial charge < -0.3 is 9.47 Å².